The van der Waals surface area contributed by atoms with Crippen molar-refractivity contribution in [1.82, 2.24) is 5.43 Å². The molecule has 0 spiro atoms. The summed E-state index contributed by atoms with van der Waals surface area (Å²) < 4.78 is 0. The number of nitrogens with zero attached hydrogens (tertiary/aromatic N) is 1. The summed E-state index contributed by atoms with van der Waals surface area (Å²) in [5, 5.41) is 16.5. The first kappa shape index (κ1) is 13.2. The Labute approximate surface area is 123 Å². The zero-order chi connectivity index (χ0) is 14.1. The molecule has 2 aromatic rings. The van der Waals surface area contributed by atoms with Crippen molar-refractivity contribution in [3.63, 3.8) is 0 Å². The molecule has 1 aliphatic carbocycles. The molecule has 1 aliphatic rings. The molecule has 0 radical (unpaired) electrons. The van der Waals surface area contributed by atoms with Gasteiger partial charge in [-0.1, -0.05) is 12.1 Å². The van der Waals surface area contributed by atoms with Gasteiger partial charge in [0.1, 0.15) is 5.75 Å². The van der Waals surface area contributed by atoms with Gasteiger partial charge >= 0.3 is 0 Å². The predicted molar refractivity (Wildman–Crippen MR) is 84.7 cm³/mol. The number of hydrogen-bond donors (Lipinski definition) is 2. The number of rotatable bonds is 3. The molecule has 0 amide bonds. The molecule has 3 rings (SSSR count). The molecular formula is C16H18N2OS. The molecule has 2 N–H and O–H groups in total. The summed E-state index contributed by atoms with van der Waals surface area (Å²) in [7, 11) is 1.76. The average molecular weight is 286 g/mol. The van der Waals surface area contributed by atoms with Crippen LogP contribution < -0.4 is 5.43 Å². The number of thiophene rings is 1. The van der Waals surface area contributed by atoms with E-state index in [0.29, 0.717) is 5.75 Å². The average Bonchev–Trinajstić information content (AvgIpc) is 3.04. The highest BCUT2D eigenvalue weighted by atomic mass is 32.1. The fourth-order valence-electron chi connectivity index (χ4n) is 2.75. The Morgan fingerprint density at radius 3 is 2.90 bits per heavy atom. The van der Waals surface area contributed by atoms with Crippen molar-refractivity contribution in [3.05, 3.63) is 40.3 Å². The second-order valence-electron chi connectivity index (χ2n) is 5.08. The van der Waals surface area contributed by atoms with E-state index in [-0.39, 0.29) is 0 Å². The molecule has 1 heterocycles. The summed E-state index contributed by atoms with van der Waals surface area (Å²) in [5.41, 5.74) is 8.36. The van der Waals surface area contributed by atoms with Gasteiger partial charge in [0.15, 0.2) is 0 Å². The molecule has 104 valence electrons. The van der Waals surface area contributed by atoms with Gasteiger partial charge in [-0.05, 0) is 48.9 Å². The predicted octanol–water partition coefficient (Wildman–Crippen LogP) is 3.55. The molecule has 0 aliphatic heterocycles. The van der Waals surface area contributed by atoms with E-state index >= 15 is 0 Å². The lowest BCUT2D eigenvalue weighted by Crippen LogP contribution is -2.02. The summed E-state index contributed by atoms with van der Waals surface area (Å²) in [4.78, 5) is 0.931. The number of aryl methyl sites for hydroxylation is 2. The van der Waals surface area contributed by atoms with Gasteiger partial charge < -0.3 is 10.5 Å². The number of benzene rings is 1. The van der Waals surface area contributed by atoms with Gasteiger partial charge in [-0.15, -0.1) is 11.3 Å². The molecular weight excluding hydrogens is 268 g/mol. The van der Waals surface area contributed by atoms with E-state index in [1.54, 1.807) is 18.4 Å². The first-order valence-corrected chi connectivity index (χ1v) is 7.72. The van der Waals surface area contributed by atoms with E-state index in [0.717, 1.165) is 28.1 Å². The zero-order valence-corrected chi connectivity index (χ0v) is 12.5. The molecule has 0 unspecified atom stereocenters. The molecule has 3 nitrogen and oxygen atoms in total. The number of hydrazone groups is 1. The fraction of sp³-hybridized carbons (Fsp3) is 0.312. The molecule has 0 atom stereocenters. The molecule has 1 aromatic heterocycles. The van der Waals surface area contributed by atoms with E-state index < -0.39 is 0 Å². The van der Waals surface area contributed by atoms with Gasteiger partial charge in [0.2, 0.25) is 0 Å². The van der Waals surface area contributed by atoms with Gasteiger partial charge in [0.05, 0.1) is 16.2 Å². The second-order valence-corrected chi connectivity index (χ2v) is 5.96. The Hall–Kier alpha value is -1.81. The maximum atomic E-state index is 10.4. The van der Waals surface area contributed by atoms with Crippen molar-refractivity contribution in [2.75, 3.05) is 7.05 Å². The van der Waals surface area contributed by atoms with E-state index in [1.165, 1.54) is 24.0 Å². The van der Waals surface area contributed by atoms with Crippen LogP contribution >= 0.6 is 11.3 Å². The third kappa shape index (κ3) is 2.20. The molecule has 0 fully saturated rings. The van der Waals surface area contributed by atoms with Crippen LogP contribution in [0, 0.1) is 0 Å². The molecule has 4 heteroatoms. The third-order valence-electron chi connectivity index (χ3n) is 3.79. The highest BCUT2D eigenvalue weighted by molar-refractivity contribution is 7.14. The van der Waals surface area contributed by atoms with Crippen molar-refractivity contribution >= 4 is 17.0 Å². The summed E-state index contributed by atoms with van der Waals surface area (Å²) in [6.07, 6.45) is 3.59. The van der Waals surface area contributed by atoms with Crippen LogP contribution in [0.25, 0.3) is 10.4 Å². The lowest BCUT2D eigenvalue weighted by atomic mass is 10.0. The van der Waals surface area contributed by atoms with Crippen molar-refractivity contribution in [2.24, 2.45) is 5.10 Å². The first-order chi connectivity index (χ1) is 9.70. The van der Waals surface area contributed by atoms with Crippen LogP contribution in [0.15, 0.2) is 28.7 Å². The molecule has 20 heavy (non-hydrogen) atoms. The van der Waals surface area contributed by atoms with E-state index in [4.69, 9.17) is 0 Å². The fourth-order valence-corrected chi connectivity index (χ4v) is 3.76. The summed E-state index contributed by atoms with van der Waals surface area (Å²) >= 11 is 1.57. The van der Waals surface area contributed by atoms with Gasteiger partial charge in [0, 0.05) is 12.4 Å². The Morgan fingerprint density at radius 1 is 1.30 bits per heavy atom. The monoisotopic (exact) mass is 286 g/mol. The number of nitrogens with one attached hydrogen (secondary N) is 1. The van der Waals surface area contributed by atoms with Crippen LogP contribution in [0.4, 0.5) is 0 Å². The van der Waals surface area contributed by atoms with Crippen LogP contribution in [0.2, 0.25) is 0 Å². The van der Waals surface area contributed by atoms with Crippen LogP contribution in [-0.2, 0) is 12.8 Å². The Bertz CT molecular complexity index is 673. The normalized spacial score (nSPS) is 14.4. The number of fused-ring (bicyclic) bond motifs is 1. The summed E-state index contributed by atoms with van der Waals surface area (Å²) in [5.74, 6) is 0.337. The minimum absolute atomic E-state index is 0.337. The Morgan fingerprint density at radius 2 is 2.10 bits per heavy atom. The number of hydrogen-bond acceptors (Lipinski definition) is 4. The van der Waals surface area contributed by atoms with Crippen molar-refractivity contribution in [3.8, 4) is 16.2 Å². The standard InChI is InChI=1S/C16H18N2OS/c1-10(18-17-2)14-9-20-16(15(14)19)13-7-6-11-4-3-5-12(11)8-13/h6-9,17,19H,3-5H2,1-2H3/b18-10+. The van der Waals surface area contributed by atoms with E-state index in [2.05, 4.69) is 28.7 Å². The highest BCUT2D eigenvalue weighted by Gasteiger charge is 2.17. The van der Waals surface area contributed by atoms with E-state index in [1.807, 2.05) is 12.3 Å². The Kier molecular flexibility index (Phi) is 3.49. The smallest absolute Gasteiger partial charge is 0.143 e. The quantitative estimate of drug-likeness (QED) is 0.669. The molecule has 0 saturated heterocycles. The highest BCUT2D eigenvalue weighted by Crippen LogP contribution is 2.40. The topological polar surface area (TPSA) is 44.6 Å². The zero-order valence-electron chi connectivity index (χ0n) is 11.7. The van der Waals surface area contributed by atoms with Gasteiger partial charge in [-0.3, -0.25) is 0 Å². The SMILES string of the molecule is CN/N=C(\C)c1csc(-c2ccc3c(c2)CCC3)c1O. The minimum atomic E-state index is 0.337. The summed E-state index contributed by atoms with van der Waals surface area (Å²) in [6.45, 7) is 1.89. The first-order valence-electron chi connectivity index (χ1n) is 6.84. The number of aromatic hydroxyl groups is 1. The largest absolute Gasteiger partial charge is 0.506 e. The minimum Gasteiger partial charge on any atom is -0.506 e. The molecule has 1 aromatic carbocycles. The van der Waals surface area contributed by atoms with Crippen LogP contribution in [0.3, 0.4) is 0 Å². The lowest BCUT2D eigenvalue weighted by molar-refractivity contribution is 0.478. The van der Waals surface area contributed by atoms with E-state index in [9.17, 15) is 5.11 Å². The third-order valence-corrected chi connectivity index (χ3v) is 4.81. The second kappa shape index (κ2) is 5.29. The van der Waals surface area contributed by atoms with Crippen LogP contribution in [-0.4, -0.2) is 17.9 Å². The van der Waals surface area contributed by atoms with Crippen LogP contribution in [0.5, 0.6) is 5.75 Å². The van der Waals surface area contributed by atoms with Gasteiger partial charge in [0.25, 0.3) is 0 Å². The van der Waals surface area contributed by atoms with Crippen molar-refractivity contribution in [1.29, 1.82) is 0 Å². The van der Waals surface area contributed by atoms with Gasteiger partial charge in [-0.2, -0.15) is 5.10 Å². The van der Waals surface area contributed by atoms with Gasteiger partial charge in [-0.25, -0.2) is 0 Å². The maximum Gasteiger partial charge on any atom is 0.143 e. The maximum absolute atomic E-state index is 10.4. The summed E-state index contributed by atoms with van der Waals surface area (Å²) in [6, 6.07) is 6.54. The molecule has 0 saturated carbocycles. The molecule has 0 bridgehead atoms. The lowest BCUT2D eigenvalue weighted by Gasteiger charge is -2.04. The Balaban J connectivity index is 2.01. The van der Waals surface area contributed by atoms with Crippen LogP contribution in [0.1, 0.15) is 30.0 Å². The van der Waals surface area contributed by atoms with Crippen molar-refractivity contribution < 1.29 is 5.11 Å². The van der Waals surface area contributed by atoms with Crippen molar-refractivity contribution in [2.45, 2.75) is 26.2 Å².